The summed E-state index contributed by atoms with van der Waals surface area (Å²) in [6.07, 6.45) is 2.30. The number of furan rings is 1. The largest absolute Gasteiger partial charge is 0.455 e. The zero-order valence-corrected chi connectivity index (χ0v) is 22.0. The number of fused-ring (bicyclic) bond motifs is 4. The van der Waals surface area contributed by atoms with Crippen molar-refractivity contribution in [3.05, 3.63) is 78.5 Å². The quantitative estimate of drug-likeness (QED) is 0.198. The Hall–Kier alpha value is -3.28. The molecule has 34 heavy (non-hydrogen) atoms. The average Bonchev–Trinajstić information content (AvgIpc) is 3.38. The van der Waals surface area contributed by atoms with E-state index in [0.29, 0.717) is 0 Å². The lowest BCUT2D eigenvalue weighted by molar-refractivity contribution is -0.659. The van der Waals surface area contributed by atoms with E-state index < -0.39 is 8.07 Å². The lowest BCUT2D eigenvalue weighted by Crippen LogP contribution is -2.45. The summed E-state index contributed by atoms with van der Waals surface area (Å²) in [6.45, 7) is 9.32. The number of pyridine rings is 1. The number of benzene rings is 3. The summed E-state index contributed by atoms with van der Waals surface area (Å²) in [7, 11) is 0.762. The van der Waals surface area contributed by atoms with Gasteiger partial charge < -0.3 is 4.42 Å². The zero-order chi connectivity index (χ0) is 23.6. The van der Waals surface area contributed by atoms with Crippen LogP contribution in [0.4, 0.5) is 0 Å². The Bertz CT molecular complexity index is 1710. The van der Waals surface area contributed by atoms with E-state index >= 15 is 0 Å². The molecule has 0 spiro atoms. The van der Waals surface area contributed by atoms with Crippen LogP contribution in [0.5, 0.6) is 0 Å². The summed E-state index contributed by atoms with van der Waals surface area (Å²) in [5.41, 5.74) is 7.60. The molecule has 0 aliphatic carbocycles. The van der Waals surface area contributed by atoms with E-state index in [2.05, 4.69) is 105 Å². The van der Waals surface area contributed by atoms with Gasteiger partial charge in [-0.1, -0.05) is 68.2 Å². The maximum absolute atomic E-state index is 6.57. The molecule has 3 heterocycles. The van der Waals surface area contributed by atoms with E-state index in [1.54, 1.807) is 11.3 Å². The first-order valence-electron chi connectivity index (χ1n) is 11.6. The van der Waals surface area contributed by atoms with Crippen molar-refractivity contribution in [1.29, 1.82) is 0 Å². The van der Waals surface area contributed by atoms with E-state index in [0.717, 1.165) is 42.7 Å². The highest BCUT2D eigenvalue weighted by Crippen LogP contribution is 2.40. The van der Waals surface area contributed by atoms with E-state index in [1.807, 2.05) is 6.07 Å². The van der Waals surface area contributed by atoms with Crippen molar-refractivity contribution < 1.29 is 8.98 Å². The molecule has 0 bridgehead atoms. The predicted molar refractivity (Wildman–Crippen MR) is 147 cm³/mol. The van der Waals surface area contributed by atoms with Crippen LogP contribution in [0.25, 0.3) is 54.0 Å². The van der Waals surface area contributed by atoms with E-state index in [4.69, 9.17) is 9.40 Å². The lowest BCUT2D eigenvalue weighted by Gasteiger charge is -2.15. The van der Waals surface area contributed by atoms with Gasteiger partial charge in [-0.25, -0.2) is 9.55 Å². The van der Waals surface area contributed by atoms with Crippen molar-refractivity contribution in [2.24, 2.45) is 7.05 Å². The summed E-state index contributed by atoms with van der Waals surface area (Å²) in [4.78, 5) is 4.94. The van der Waals surface area contributed by atoms with Crippen LogP contribution in [0.2, 0.25) is 19.6 Å². The Morgan fingerprint density at radius 1 is 0.912 bits per heavy atom. The monoisotopic (exact) mass is 479 g/mol. The van der Waals surface area contributed by atoms with Crippen LogP contribution in [0, 0.1) is 6.92 Å². The van der Waals surface area contributed by atoms with Gasteiger partial charge in [0.05, 0.1) is 23.9 Å². The Morgan fingerprint density at radius 3 is 2.44 bits per heavy atom. The molecule has 3 aromatic heterocycles. The van der Waals surface area contributed by atoms with Gasteiger partial charge in [-0.3, -0.25) is 0 Å². The second-order valence-electron chi connectivity index (χ2n) is 10.1. The third-order valence-electron chi connectivity index (χ3n) is 6.63. The number of hydrogen-bond acceptors (Lipinski definition) is 3. The molecule has 0 aliphatic rings. The number of aromatic nitrogens is 2. The normalized spacial score (nSPS) is 12.3. The molecule has 6 rings (SSSR count). The van der Waals surface area contributed by atoms with Crippen LogP contribution < -0.4 is 9.75 Å². The van der Waals surface area contributed by atoms with Gasteiger partial charge in [0.15, 0.2) is 6.20 Å². The topological polar surface area (TPSA) is 29.9 Å². The summed E-state index contributed by atoms with van der Waals surface area (Å²) in [5, 5.41) is 4.75. The second-order valence-corrected chi connectivity index (χ2v) is 16.2. The van der Waals surface area contributed by atoms with Gasteiger partial charge in [-0.15, -0.1) is 11.3 Å². The summed E-state index contributed by atoms with van der Waals surface area (Å²) < 4.78 is 9.97. The molecular formula is C29H27N2OSSi+. The van der Waals surface area contributed by atoms with Gasteiger partial charge in [-0.2, -0.15) is 0 Å². The van der Waals surface area contributed by atoms with Gasteiger partial charge in [0.2, 0.25) is 5.69 Å². The highest BCUT2D eigenvalue weighted by Gasteiger charge is 2.24. The smallest absolute Gasteiger partial charge is 0.216 e. The minimum Gasteiger partial charge on any atom is -0.455 e. The van der Waals surface area contributed by atoms with E-state index in [-0.39, 0.29) is 0 Å². The molecule has 0 fully saturated rings. The van der Waals surface area contributed by atoms with Crippen molar-refractivity contribution in [2.75, 3.05) is 0 Å². The van der Waals surface area contributed by atoms with E-state index in [9.17, 15) is 0 Å². The zero-order valence-electron chi connectivity index (χ0n) is 20.1. The SMILES string of the molecule is Cc1ccc2c(oc3cc4sc(-c5ccccc5)nc4cc32)c1-c1ccc([Si](C)(C)C)c[n+]1C. The first kappa shape index (κ1) is 21.3. The second kappa shape index (κ2) is 7.62. The minimum atomic E-state index is -1.38. The molecule has 0 aliphatic heterocycles. The third-order valence-corrected chi connectivity index (χ3v) is 9.73. The lowest BCUT2D eigenvalue weighted by atomic mass is 10.0. The molecule has 0 saturated carbocycles. The Balaban J connectivity index is 1.56. The average molecular weight is 480 g/mol. The number of rotatable bonds is 3. The number of aryl methyl sites for hydroxylation is 2. The summed E-state index contributed by atoms with van der Waals surface area (Å²) >= 11 is 1.71. The van der Waals surface area contributed by atoms with Gasteiger partial charge in [-0.05, 0) is 18.6 Å². The van der Waals surface area contributed by atoms with Crippen molar-refractivity contribution in [3.63, 3.8) is 0 Å². The standard InChI is InChI=1S/C29H27N2OSSi/c1-18-11-13-21-22-15-23-26(33-29(30-23)19-9-7-6-8-10-19)16-25(22)32-28(21)27(18)24-14-12-20(17-31(24)2)34(3,4)5/h6-17H,1-5H3/q+1. The Morgan fingerprint density at radius 2 is 1.71 bits per heavy atom. The van der Waals surface area contributed by atoms with Crippen LogP contribution in [0.1, 0.15) is 5.56 Å². The molecule has 0 saturated heterocycles. The fourth-order valence-electron chi connectivity index (χ4n) is 4.69. The highest BCUT2D eigenvalue weighted by molar-refractivity contribution is 7.21. The van der Waals surface area contributed by atoms with Crippen LogP contribution in [0.3, 0.4) is 0 Å². The number of hydrogen-bond donors (Lipinski definition) is 0. The first-order valence-corrected chi connectivity index (χ1v) is 15.9. The van der Waals surface area contributed by atoms with Crippen molar-refractivity contribution in [1.82, 2.24) is 4.98 Å². The van der Waals surface area contributed by atoms with Crippen molar-refractivity contribution in [2.45, 2.75) is 26.6 Å². The molecule has 3 aromatic carbocycles. The maximum atomic E-state index is 6.57. The molecule has 0 atom stereocenters. The maximum Gasteiger partial charge on any atom is 0.216 e. The molecule has 0 unspecified atom stereocenters. The van der Waals surface area contributed by atoms with Crippen LogP contribution in [-0.2, 0) is 7.05 Å². The number of thiazole rings is 1. The molecule has 6 aromatic rings. The Labute approximate surface area is 204 Å². The minimum absolute atomic E-state index is 0.916. The molecule has 168 valence electrons. The molecule has 0 radical (unpaired) electrons. The fraction of sp³-hybridized carbons (Fsp3) is 0.172. The van der Waals surface area contributed by atoms with Gasteiger partial charge in [0, 0.05) is 33.7 Å². The van der Waals surface area contributed by atoms with Crippen LogP contribution >= 0.6 is 11.3 Å². The highest BCUT2D eigenvalue weighted by atomic mass is 32.1. The predicted octanol–water partition coefficient (Wildman–Crippen LogP) is 7.21. The third kappa shape index (κ3) is 3.39. The summed E-state index contributed by atoms with van der Waals surface area (Å²) in [6, 6.07) is 23.7. The molecular weight excluding hydrogens is 452 g/mol. The van der Waals surface area contributed by atoms with Crippen molar-refractivity contribution in [3.8, 4) is 21.8 Å². The van der Waals surface area contributed by atoms with E-state index in [1.165, 1.54) is 22.0 Å². The molecule has 0 N–H and O–H groups in total. The summed E-state index contributed by atoms with van der Waals surface area (Å²) in [5.74, 6) is 0. The van der Waals surface area contributed by atoms with Crippen LogP contribution in [-0.4, -0.2) is 13.1 Å². The molecule has 5 heteroatoms. The van der Waals surface area contributed by atoms with Crippen molar-refractivity contribution >= 4 is 56.8 Å². The van der Waals surface area contributed by atoms with Gasteiger partial charge >= 0.3 is 0 Å². The Kier molecular flexibility index (Phi) is 4.76. The fourth-order valence-corrected chi connectivity index (χ4v) is 6.84. The van der Waals surface area contributed by atoms with Gasteiger partial charge in [0.1, 0.15) is 23.2 Å². The number of nitrogens with zero attached hydrogens (tertiary/aromatic N) is 2. The molecule has 3 nitrogen and oxygen atoms in total. The van der Waals surface area contributed by atoms with Crippen LogP contribution in [0.15, 0.2) is 77.3 Å². The van der Waals surface area contributed by atoms with Gasteiger partial charge in [0.25, 0.3) is 0 Å². The molecule has 0 amide bonds. The first-order chi connectivity index (χ1) is 16.3.